The van der Waals surface area contributed by atoms with Crippen LogP contribution < -0.4 is 16.0 Å². The molecule has 5 rings (SSSR count). The zero-order valence-electron chi connectivity index (χ0n) is 22.7. The number of aliphatic hydroxyl groups is 1. The van der Waals surface area contributed by atoms with Gasteiger partial charge in [-0.05, 0) is 43.5 Å². The smallest absolute Gasteiger partial charge is 0.253 e. The highest BCUT2D eigenvalue weighted by atomic mass is 16.4. The van der Waals surface area contributed by atoms with Crippen molar-refractivity contribution >= 4 is 23.4 Å². The van der Waals surface area contributed by atoms with E-state index in [1.54, 1.807) is 12.3 Å². The predicted octanol–water partition coefficient (Wildman–Crippen LogP) is 4.78. The molecule has 4 aromatic rings. The Hall–Kier alpha value is -4.31. The second-order valence-electron chi connectivity index (χ2n) is 11.4. The number of aromatic nitrogens is 4. The number of hydrogen-bond donors (Lipinski definition) is 4. The highest BCUT2D eigenvalue weighted by molar-refractivity contribution is 5.98. The lowest BCUT2D eigenvalue weighted by molar-refractivity contribution is 0.0897. The largest absolute Gasteiger partial charge is 0.420 e. The van der Waals surface area contributed by atoms with Gasteiger partial charge in [-0.25, -0.2) is 4.98 Å². The van der Waals surface area contributed by atoms with Crippen molar-refractivity contribution in [2.75, 3.05) is 17.2 Å². The fourth-order valence-corrected chi connectivity index (χ4v) is 4.47. The molecule has 0 saturated heterocycles. The first-order chi connectivity index (χ1) is 18.5. The van der Waals surface area contributed by atoms with Gasteiger partial charge in [0.2, 0.25) is 11.8 Å². The molecule has 0 radical (unpaired) electrons. The summed E-state index contributed by atoms with van der Waals surface area (Å²) in [6, 6.07) is 14.8. The molecule has 0 saturated carbocycles. The fraction of sp³-hybridized carbons (Fsp3) is 0.345. The summed E-state index contributed by atoms with van der Waals surface area (Å²) in [7, 11) is 0. The fourth-order valence-electron chi connectivity index (χ4n) is 4.47. The SMILES string of the molecule is CC1(C)Cc2ccc(Nc3ncc(-c4nnc(C(C)(C)C)o4)c(N[C@H](CO)c4ccccc4)n3)cc2C(=O)N1. The van der Waals surface area contributed by atoms with Crippen LogP contribution in [0.4, 0.5) is 17.5 Å². The molecular formula is C29H33N7O3. The van der Waals surface area contributed by atoms with E-state index in [4.69, 9.17) is 9.40 Å². The Morgan fingerprint density at radius 3 is 2.56 bits per heavy atom. The van der Waals surface area contributed by atoms with Crippen LogP contribution in [-0.4, -0.2) is 43.3 Å². The highest BCUT2D eigenvalue weighted by Crippen LogP contribution is 2.32. The number of rotatable bonds is 7. The van der Waals surface area contributed by atoms with Crippen LogP contribution in [0.25, 0.3) is 11.5 Å². The van der Waals surface area contributed by atoms with Gasteiger partial charge in [0.05, 0.1) is 18.2 Å². The summed E-state index contributed by atoms with van der Waals surface area (Å²) in [4.78, 5) is 21.9. The summed E-state index contributed by atoms with van der Waals surface area (Å²) < 4.78 is 5.98. The Kier molecular flexibility index (Phi) is 6.82. The van der Waals surface area contributed by atoms with E-state index in [1.165, 1.54) is 0 Å². The van der Waals surface area contributed by atoms with Crippen LogP contribution in [0.1, 0.15) is 68.0 Å². The maximum absolute atomic E-state index is 12.7. The molecule has 0 spiro atoms. The van der Waals surface area contributed by atoms with Crippen LogP contribution in [0.5, 0.6) is 0 Å². The van der Waals surface area contributed by atoms with E-state index in [0.29, 0.717) is 34.5 Å². The Morgan fingerprint density at radius 2 is 1.87 bits per heavy atom. The van der Waals surface area contributed by atoms with Crippen molar-refractivity contribution in [1.82, 2.24) is 25.5 Å². The lowest BCUT2D eigenvalue weighted by Crippen LogP contribution is -2.49. The van der Waals surface area contributed by atoms with E-state index in [9.17, 15) is 9.90 Å². The van der Waals surface area contributed by atoms with Gasteiger partial charge in [-0.3, -0.25) is 4.79 Å². The molecule has 1 aliphatic rings. The molecule has 3 heterocycles. The number of amides is 1. The Balaban J connectivity index is 1.49. The molecule has 2 aromatic carbocycles. The Labute approximate surface area is 227 Å². The third-order valence-electron chi connectivity index (χ3n) is 6.48. The van der Waals surface area contributed by atoms with Crippen molar-refractivity contribution in [3.05, 3.63) is 77.3 Å². The average Bonchev–Trinajstić information content (AvgIpc) is 3.39. The molecule has 0 aliphatic carbocycles. The quantitative estimate of drug-likeness (QED) is 0.267. The van der Waals surface area contributed by atoms with Crippen LogP contribution >= 0.6 is 0 Å². The minimum atomic E-state index is -0.437. The van der Waals surface area contributed by atoms with Crippen molar-refractivity contribution in [3.63, 3.8) is 0 Å². The van der Waals surface area contributed by atoms with Crippen LogP contribution in [0.2, 0.25) is 0 Å². The third kappa shape index (κ3) is 5.75. The van der Waals surface area contributed by atoms with Gasteiger partial charge in [-0.1, -0.05) is 57.2 Å². The minimum Gasteiger partial charge on any atom is -0.420 e. The first-order valence-electron chi connectivity index (χ1n) is 12.9. The third-order valence-corrected chi connectivity index (χ3v) is 6.48. The van der Waals surface area contributed by atoms with Crippen molar-refractivity contribution in [3.8, 4) is 11.5 Å². The molecule has 0 unspecified atom stereocenters. The molecule has 4 N–H and O–H groups in total. The Bertz CT molecular complexity index is 1490. The number of hydrogen-bond acceptors (Lipinski definition) is 9. The van der Waals surface area contributed by atoms with E-state index in [2.05, 4.69) is 31.1 Å². The lowest BCUT2D eigenvalue weighted by atomic mass is 9.87. The molecule has 10 heteroatoms. The number of carbonyl (C=O) groups is 1. The normalized spacial score (nSPS) is 15.3. The summed E-state index contributed by atoms with van der Waals surface area (Å²) in [5.41, 5.74) is 3.08. The summed E-state index contributed by atoms with van der Waals surface area (Å²) in [6.45, 7) is 9.82. The number of benzene rings is 2. The molecule has 1 aliphatic heterocycles. The number of carbonyl (C=O) groups excluding carboxylic acids is 1. The van der Waals surface area contributed by atoms with Gasteiger partial charge >= 0.3 is 0 Å². The second kappa shape index (κ2) is 10.1. The summed E-state index contributed by atoms with van der Waals surface area (Å²) in [6.07, 6.45) is 2.35. The molecule has 1 amide bonds. The van der Waals surface area contributed by atoms with E-state index in [0.717, 1.165) is 17.5 Å². The van der Waals surface area contributed by atoms with E-state index in [-0.39, 0.29) is 29.4 Å². The van der Waals surface area contributed by atoms with E-state index in [1.807, 2.05) is 77.1 Å². The number of nitrogens with zero attached hydrogens (tertiary/aromatic N) is 4. The summed E-state index contributed by atoms with van der Waals surface area (Å²) in [5, 5.41) is 28.2. The Morgan fingerprint density at radius 1 is 1.10 bits per heavy atom. The van der Waals surface area contributed by atoms with Crippen molar-refractivity contribution in [1.29, 1.82) is 0 Å². The van der Waals surface area contributed by atoms with Crippen molar-refractivity contribution in [2.24, 2.45) is 0 Å². The standard InChI is InChI=1S/C29H33N7O3/c1-28(2,3)26-36-35-25(39-26)21-15-30-27(33-23(21)32-22(16-37)17-9-7-6-8-10-17)31-19-12-11-18-14-29(4,5)34-24(38)20(18)13-19/h6-13,15,22,37H,14,16H2,1-5H3,(H,34,38)(H2,30,31,32,33)/t22-/m1/s1. The van der Waals surface area contributed by atoms with Crippen molar-refractivity contribution < 1.29 is 14.3 Å². The van der Waals surface area contributed by atoms with Crippen LogP contribution in [-0.2, 0) is 11.8 Å². The first-order valence-corrected chi connectivity index (χ1v) is 12.9. The van der Waals surface area contributed by atoms with Gasteiger partial charge in [0.25, 0.3) is 11.8 Å². The number of aliphatic hydroxyl groups excluding tert-OH is 1. The second-order valence-corrected chi connectivity index (χ2v) is 11.4. The van der Waals surface area contributed by atoms with Gasteiger partial charge < -0.3 is 25.5 Å². The van der Waals surface area contributed by atoms with Crippen LogP contribution in [0.3, 0.4) is 0 Å². The molecule has 2 aromatic heterocycles. The topological polar surface area (TPSA) is 138 Å². The number of anilines is 3. The zero-order chi connectivity index (χ0) is 27.8. The summed E-state index contributed by atoms with van der Waals surface area (Å²) >= 11 is 0. The van der Waals surface area contributed by atoms with Crippen LogP contribution in [0, 0.1) is 0 Å². The molecule has 0 bridgehead atoms. The molecule has 0 fully saturated rings. The lowest BCUT2D eigenvalue weighted by Gasteiger charge is -2.32. The zero-order valence-corrected chi connectivity index (χ0v) is 22.7. The summed E-state index contributed by atoms with van der Waals surface area (Å²) in [5.74, 6) is 1.37. The molecule has 10 nitrogen and oxygen atoms in total. The molecular weight excluding hydrogens is 494 g/mol. The highest BCUT2D eigenvalue weighted by Gasteiger charge is 2.30. The predicted molar refractivity (Wildman–Crippen MR) is 149 cm³/mol. The molecule has 202 valence electrons. The minimum absolute atomic E-state index is 0.108. The van der Waals surface area contributed by atoms with Gasteiger partial charge in [0, 0.05) is 28.4 Å². The van der Waals surface area contributed by atoms with Gasteiger partial charge in [0.1, 0.15) is 5.82 Å². The maximum Gasteiger partial charge on any atom is 0.253 e. The van der Waals surface area contributed by atoms with Gasteiger partial charge in [0.15, 0.2) is 0 Å². The molecule has 39 heavy (non-hydrogen) atoms. The maximum atomic E-state index is 12.7. The number of fused-ring (bicyclic) bond motifs is 1. The average molecular weight is 528 g/mol. The monoisotopic (exact) mass is 527 g/mol. The van der Waals surface area contributed by atoms with Gasteiger partial charge in [-0.15, -0.1) is 10.2 Å². The van der Waals surface area contributed by atoms with Crippen LogP contribution in [0.15, 0.2) is 59.1 Å². The molecule has 1 atom stereocenters. The first kappa shape index (κ1) is 26.3. The number of nitrogens with one attached hydrogen (secondary N) is 3. The van der Waals surface area contributed by atoms with E-state index >= 15 is 0 Å². The van der Waals surface area contributed by atoms with Crippen molar-refractivity contribution in [2.45, 2.75) is 58.0 Å². The van der Waals surface area contributed by atoms with E-state index < -0.39 is 6.04 Å². The van der Waals surface area contributed by atoms with Gasteiger partial charge in [-0.2, -0.15) is 4.98 Å².